The van der Waals surface area contributed by atoms with Crippen molar-refractivity contribution in [2.75, 3.05) is 18.5 Å². The third-order valence-corrected chi connectivity index (χ3v) is 7.95. The number of aliphatic hydroxyl groups is 1. The molecule has 1 aliphatic heterocycles. The molecule has 2 atom stereocenters. The van der Waals surface area contributed by atoms with E-state index in [1.807, 2.05) is 4.57 Å². The van der Waals surface area contributed by atoms with Gasteiger partial charge in [-0.1, -0.05) is 11.8 Å². The van der Waals surface area contributed by atoms with Gasteiger partial charge >= 0.3 is 12.2 Å². The minimum Gasteiger partial charge on any atom is -0.444 e. The molecule has 2 aliphatic rings. The molecule has 2 amide bonds. The first kappa shape index (κ1) is 33.7. The van der Waals surface area contributed by atoms with Crippen LogP contribution in [0, 0.1) is 24.2 Å². The Hall–Kier alpha value is -4.62. The number of likely N-dealkylation sites (tertiary alicyclic amines) is 1. The van der Waals surface area contributed by atoms with Gasteiger partial charge in [0.1, 0.15) is 28.5 Å². The lowest BCUT2D eigenvalue weighted by molar-refractivity contribution is -0.0240. The smallest absolute Gasteiger partial charge is 0.414 e. The number of rotatable bonds is 4. The number of nitrogens with zero attached hydrogens (tertiary/aromatic N) is 7. The molecular weight excluding hydrogens is 605 g/mol. The van der Waals surface area contributed by atoms with Crippen LogP contribution in [-0.2, 0) is 9.47 Å². The first-order chi connectivity index (χ1) is 21.8. The summed E-state index contributed by atoms with van der Waals surface area (Å²) < 4.78 is 30.0. The number of fused-ring (bicyclic) bond motifs is 1. The number of benzene rings is 1. The molecule has 2 fully saturated rings. The highest BCUT2D eigenvalue weighted by atomic mass is 19.1. The van der Waals surface area contributed by atoms with E-state index in [0.29, 0.717) is 17.1 Å². The number of halogens is 1. The molecule has 5 rings (SSSR count). The van der Waals surface area contributed by atoms with Crippen molar-refractivity contribution in [2.45, 2.75) is 110 Å². The number of imidazole rings is 1. The molecule has 1 saturated carbocycles. The predicted molar refractivity (Wildman–Crippen MR) is 174 cm³/mol. The molecule has 0 radical (unpaired) electrons. The summed E-state index contributed by atoms with van der Waals surface area (Å²) in [6.45, 7) is 21.8. The lowest BCUT2D eigenvalue weighted by Gasteiger charge is -2.34. The molecule has 47 heavy (non-hydrogen) atoms. The molecule has 0 spiro atoms. The Balaban J connectivity index is 1.59. The summed E-state index contributed by atoms with van der Waals surface area (Å²) in [5.74, 6) is 5.25. The van der Waals surface area contributed by atoms with Crippen LogP contribution in [0.25, 0.3) is 15.9 Å². The second kappa shape index (κ2) is 11.9. The quantitative estimate of drug-likeness (QED) is 0.259. The van der Waals surface area contributed by atoms with E-state index in [2.05, 4.69) is 26.8 Å². The monoisotopic (exact) mass is 647 g/mol. The van der Waals surface area contributed by atoms with E-state index < -0.39 is 46.9 Å². The van der Waals surface area contributed by atoms with Gasteiger partial charge in [-0.2, -0.15) is 5.10 Å². The zero-order valence-corrected chi connectivity index (χ0v) is 28.4. The summed E-state index contributed by atoms with van der Waals surface area (Å²) in [7, 11) is 1.46. The number of ether oxygens (including phenoxy) is 2. The fraction of sp³-hybridized carbons (Fsp3) is 0.559. The summed E-state index contributed by atoms with van der Waals surface area (Å²) in [6, 6.07) is 2.06. The largest absolute Gasteiger partial charge is 0.444 e. The van der Waals surface area contributed by atoms with Crippen molar-refractivity contribution >= 4 is 34.7 Å². The van der Waals surface area contributed by atoms with Gasteiger partial charge in [-0.15, -0.1) is 0 Å². The average molecular weight is 648 g/mol. The molecule has 1 N–H and O–H groups in total. The predicted octanol–water partition coefficient (Wildman–Crippen LogP) is 6.35. The molecule has 13 heteroatoms. The van der Waals surface area contributed by atoms with Crippen LogP contribution in [0.2, 0.25) is 0 Å². The Kier molecular flexibility index (Phi) is 8.52. The Morgan fingerprint density at radius 2 is 1.72 bits per heavy atom. The molecule has 1 aliphatic carbocycles. The fourth-order valence-electron chi connectivity index (χ4n) is 5.69. The summed E-state index contributed by atoms with van der Waals surface area (Å²) in [5.41, 5.74) is -1.55. The molecule has 3 heterocycles. The van der Waals surface area contributed by atoms with Crippen molar-refractivity contribution in [1.82, 2.24) is 24.2 Å². The second-order valence-electron chi connectivity index (χ2n) is 14.8. The van der Waals surface area contributed by atoms with Crippen LogP contribution in [0.3, 0.4) is 0 Å². The fourth-order valence-corrected chi connectivity index (χ4v) is 5.69. The number of aromatic nitrogens is 4. The molecule has 250 valence electrons. The number of carbonyl (C=O) groups excluding carboxylic acids is 2. The molecular formula is C34H42FN7O5. The van der Waals surface area contributed by atoms with E-state index in [9.17, 15) is 14.7 Å². The average Bonchev–Trinajstić information content (AvgIpc) is 3.37. The summed E-state index contributed by atoms with van der Waals surface area (Å²) in [6.07, 6.45) is 2.67. The van der Waals surface area contributed by atoms with E-state index in [-0.39, 0.29) is 35.7 Å². The summed E-state index contributed by atoms with van der Waals surface area (Å²) in [5, 5.41) is 15.7. The van der Waals surface area contributed by atoms with Crippen molar-refractivity contribution in [2.24, 2.45) is 0 Å². The molecule has 1 aromatic carbocycles. The van der Waals surface area contributed by atoms with E-state index in [0.717, 1.165) is 12.8 Å². The third-order valence-electron chi connectivity index (χ3n) is 7.95. The van der Waals surface area contributed by atoms with Gasteiger partial charge in [0.05, 0.1) is 47.2 Å². The zero-order valence-electron chi connectivity index (χ0n) is 28.4. The van der Waals surface area contributed by atoms with E-state index >= 15 is 4.39 Å². The summed E-state index contributed by atoms with van der Waals surface area (Å²) in [4.78, 5) is 37.4. The van der Waals surface area contributed by atoms with Gasteiger partial charge in [0.15, 0.2) is 0 Å². The van der Waals surface area contributed by atoms with Crippen molar-refractivity contribution in [1.29, 1.82) is 0 Å². The van der Waals surface area contributed by atoms with Gasteiger partial charge in [-0.25, -0.2) is 23.8 Å². The van der Waals surface area contributed by atoms with Gasteiger partial charge < -0.3 is 24.0 Å². The standard InChI is InChI=1S/C34H42FN7O5/c1-32(2,3)46-30(43)39(10)29-28(36-9)24(14-11-20-15-25-26(17-23(20)35)41(19-37-25)21-12-13-21)38-42(29)22-16-27(34(7,8)45)40(18-22)31(44)47-33(4,5)6/h15,17,19,21-22,27,45H,12-13,16,18H2,1-8,10H3/t22-,27+/m0/s1. The molecule has 12 nitrogen and oxygen atoms in total. The Morgan fingerprint density at radius 3 is 2.30 bits per heavy atom. The molecule has 0 bridgehead atoms. The number of amides is 2. The van der Waals surface area contributed by atoms with Crippen molar-refractivity contribution in [3.63, 3.8) is 0 Å². The van der Waals surface area contributed by atoms with Crippen molar-refractivity contribution in [3.8, 4) is 11.8 Å². The Morgan fingerprint density at radius 1 is 1.06 bits per heavy atom. The van der Waals surface area contributed by atoms with E-state index in [1.165, 1.54) is 27.6 Å². The molecule has 3 aromatic rings. The van der Waals surface area contributed by atoms with Gasteiger partial charge in [-0.3, -0.25) is 9.58 Å². The molecule has 2 aromatic heterocycles. The highest BCUT2D eigenvalue weighted by Crippen LogP contribution is 2.41. The highest BCUT2D eigenvalue weighted by molar-refractivity contribution is 5.92. The highest BCUT2D eigenvalue weighted by Gasteiger charge is 2.46. The maximum absolute atomic E-state index is 15.3. The van der Waals surface area contributed by atoms with E-state index in [4.69, 9.17) is 16.0 Å². The van der Waals surface area contributed by atoms with Crippen LogP contribution in [0.4, 0.5) is 25.5 Å². The van der Waals surface area contributed by atoms with Gasteiger partial charge in [-0.05, 0) is 80.7 Å². The van der Waals surface area contributed by atoms with Gasteiger partial charge in [0.25, 0.3) is 5.69 Å². The van der Waals surface area contributed by atoms with Crippen LogP contribution >= 0.6 is 0 Å². The number of carbonyl (C=O) groups is 2. The number of hydrogen-bond acceptors (Lipinski definition) is 7. The normalized spacial score (nSPS) is 18.5. The Bertz CT molecular complexity index is 1820. The maximum Gasteiger partial charge on any atom is 0.414 e. The van der Waals surface area contributed by atoms with Crippen LogP contribution < -0.4 is 4.90 Å². The molecule has 1 saturated heterocycles. The lowest BCUT2D eigenvalue weighted by atomic mass is 9.96. The van der Waals surface area contributed by atoms with Gasteiger partial charge in [0.2, 0.25) is 0 Å². The maximum atomic E-state index is 15.3. The Labute approximate surface area is 274 Å². The minimum atomic E-state index is -1.32. The SMILES string of the molecule is [C-]#[N+]c1c(C#Cc2cc3ncn(C4CC4)c3cc2F)nn([C@H]2C[C@H](C(C)(C)O)N(C(=O)OC(C)(C)C)C2)c1N(C)C(=O)OC(C)(C)C. The van der Waals surface area contributed by atoms with Crippen LogP contribution in [0.5, 0.6) is 0 Å². The first-order valence-electron chi connectivity index (χ1n) is 15.6. The zero-order chi connectivity index (χ0) is 34.6. The van der Waals surface area contributed by atoms with Crippen LogP contribution in [0.1, 0.15) is 98.0 Å². The van der Waals surface area contributed by atoms with Crippen molar-refractivity contribution in [3.05, 3.63) is 47.0 Å². The second-order valence-corrected chi connectivity index (χ2v) is 14.8. The lowest BCUT2D eigenvalue weighted by Crippen LogP contribution is -2.49. The first-order valence-corrected chi connectivity index (χ1v) is 15.6. The molecule has 0 unspecified atom stereocenters. The number of anilines is 1. The topological polar surface area (TPSA) is 119 Å². The summed E-state index contributed by atoms with van der Waals surface area (Å²) >= 11 is 0. The number of hydrogen-bond donors (Lipinski definition) is 1. The van der Waals surface area contributed by atoms with Crippen molar-refractivity contribution < 1.29 is 28.6 Å². The third kappa shape index (κ3) is 7.20. The van der Waals surface area contributed by atoms with Crippen LogP contribution in [0.15, 0.2) is 18.5 Å². The van der Waals surface area contributed by atoms with Gasteiger partial charge in [0, 0.05) is 25.7 Å². The van der Waals surface area contributed by atoms with Crippen LogP contribution in [-0.4, -0.2) is 78.0 Å². The minimum absolute atomic E-state index is 0.0175. The van der Waals surface area contributed by atoms with E-state index in [1.54, 1.807) is 67.8 Å².